The van der Waals surface area contributed by atoms with Gasteiger partial charge in [0.1, 0.15) is 0 Å². The molecule has 3 nitrogen and oxygen atoms in total. The predicted molar refractivity (Wildman–Crippen MR) is 20.1 cm³/mol. The molecular formula is C3H6K2O3. The van der Waals surface area contributed by atoms with Crippen LogP contribution >= 0.6 is 0 Å². The molecule has 0 heterocycles. The first-order valence-corrected chi connectivity index (χ1v) is 1.38. The molecular weight excluding hydrogens is 162 g/mol. The van der Waals surface area contributed by atoms with E-state index < -0.39 is 5.97 Å². The maximum atomic E-state index is 9.59. The van der Waals surface area contributed by atoms with Gasteiger partial charge in [-0.25, -0.2) is 0 Å². The third-order valence-corrected chi connectivity index (χ3v) is 0.214. The van der Waals surface area contributed by atoms with Gasteiger partial charge in [-0.05, 0) is 0 Å². The Labute approximate surface area is 136 Å². The van der Waals surface area contributed by atoms with Gasteiger partial charge in [0.2, 0.25) is 0 Å². The molecule has 8 heavy (non-hydrogen) atoms. The van der Waals surface area contributed by atoms with Crippen molar-refractivity contribution in [1.82, 2.24) is 0 Å². The first-order valence-electron chi connectivity index (χ1n) is 1.38. The van der Waals surface area contributed by atoms with Gasteiger partial charge >= 0.3 is 115 Å². The fraction of sp³-hybridized carbons (Fsp3) is 0.333. The molecule has 0 aromatic rings. The minimum atomic E-state index is -0.579. The Hall–Kier alpha value is 2.41. The van der Waals surface area contributed by atoms with Crippen molar-refractivity contribution in [1.29, 1.82) is 0 Å². The van der Waals surface area contributed by atoms with Crippen LogP contribution in [0.1, 0.15) is 9.78 Å². The molecule has 0 amide bonds. The van der Waals surface area contributed by atoms with E-state index in [0.717, 1.165) is 6.92 Å². The zero-order valence-corrected chi connectivity index (χ0v) is 11.5. The van der Waals surface area contributed by atoms with Crippen LogP contribution in [0.4, 0.5) is 0 Å². The summed E-state index contributed by atoms with van der Waals surface area (Å²) in [5, 5.41) is 0. The number of ether oxygens (including phenoxy) is 1. The summed E-state index contributed by atoms with van der Waals surface area (Å²) in [5.74, 6) is -0.579. The van der Waals surface area contributed by atoms with E-state index in [4.69, 9.17) is 0 Å². The summed E-state index contributed by atoms with van der Waals surface area (Å²) in [6.45, 7) is 1.26. The van der Waals surface area contributed by atoms with E-state index in [1.165, 1.54) is 0 Å². The SMILES string of the molecule is CC(=O)OC=O.[H-].[H-].[K+].[K+]. The number of rotatable bonds is 1. The number of esters is 1. The van der Waals surface area contributed by atoms with Crippen LogP contribution in [0.5, 0.6) is 0 Å². The molecule has 0 saturated heterocycles. The quantitative estimate of drug-likeness (QED) is 0.169. The maximum Gasteiger partial charge on any atom is 1.00 e. The summed E-state index contributed by atoms with van der Waals surface area (Å²) >= 11 is 0. The second kappa shape index (κ2) is 12.1. The molecule has 0 unspecified atom stereocenters. The molecule has 0 aromatic carbocycles. The second-order valence-corrected chi connectivity index (χ2v) is 0.706. The fourth-order valence-corrected chi connectivity index (χ4v) is 0.0678. The van der Waals surface area contributed by atoms with Gasteiger partial charge in [-0.1, -0.05) is 0 Å². The standard InChI is InChI=1S/C3H4O3.2K.2H/c1-3(5)6-2-4;;;;/h2H,1H3;;;;/q;2*+1;2*-1. The number of carbonyl (C=O) groups is 2. The molecule has 0 fully saturated rings. The number of carbonyl (C=O) groups excluding carboxylic acids is 2. The molecule has 0 aliphatic carbocycles. The Morgan fingerprint density at radius 2 is 2.00 bits per heavy atom. The molecule has 5 heteroatoms. The molecule has 0 aliphatic rings. The van der Waals surface area contributed by atoms with E-state index in [9.17, 15) is 9.59 Å². The van der Waals surface area contributed by atoms with Crippen molar-refractivity contribution < 1.29 is 120 Å². The van der Waals surface area contributed by atoms with Crippen LogP contribution in [-0.4, -0.2) is 12.4 Å². The average Bonchev–Trinajstić information content (AvgIpc) is 1.35. The smallest absolute Gasteiger partial charge is 1.00 e. The van der Waals surface area contributed by atoms with E-state index in [-0.39, 0.29) is 112 Å². The first-order chi connectivity index (χ1) is 2.77. The summed E-state index contributed by atoms with van der Waals surface area (Å²) in [5.41, 5.74) is 0. The van der Waals surface area contributed by atoms with E-state index in [1.807, 2.05) is 0 Å². The van der Waals surface area contributed by atoms with Crippen LogP contribution < -0.4 is 103 Å². The Morgan fingerprint density at radius 3 is 2.00 bits per heavy atom. The van der Waals surface area contributed by atoms with Crippen LogP contribution in [0.15, 0.2) is 0 Å². The van der Waals surface area contributed by atoms with Crippen molar-refractivity contribution in [2.45, 2.75) is 6.92 Å². The topological polar surface area (TPSA) is 43.4 Å². The molecule has 38 valence electrons. The van der Waals surface area contributed by atoms with Gasteiger partial charge in [-0.2, -0.15) is 0 Å². The van der Waals surface area contributed by atoms with Crippen LogP contribution in [0.25, 0.3) is 0 Å². The van der Waals surface area contributed by atoms with Gasteiger partial charge in [-0.3, -0.25) is 9.59 Å². The van der Waals surface area contributed by atoms with E-state index in [1.54, 1.807) is 0 Å². The van der Waals surface area contributed by atoms with E-state index in [0.29, 0.717) is 0 Å². The van der Waals surface area contributed by atoms with Crippen LogP contribution in [0.3, 0.4) is 0 Å². The summed E-state index contributed by atoms with van der Waals surface area (Å²) < 4.78 is 3.72. The Morgan fingerprint density at radius 1 is 1.62 bits per heavy atom. The van der Waals surface area contributed by atoms with Crippen molar-refractivity contribution in [3.8, 4) is 0 Å². The molecule has 0 rings (SSSR count). The molecule has 0 bridgehead atoms. The van der Waals surface area contributed by atoms with E-state index >= 15 is 0 Å². The number of hydrogen-bond acceptors (Lipinski definition) is 3. The molecule has 0 radical (unpaired) electrons. The van der Waals surface area contributed by atoms with Crippen molar-refractivity contribution >= 4 is 12.4 Å². The number of hydrogen-bond donors (Lipinski definition) is 0. The van der Waals surface area contributed by atoms with Crippen LogP contribution in [0.2, 0.25) is 0 Å². The van der Waals surface area contributed by atoms with Gasteiger partial charge in [0.25, 0.3) is 0 Å². The Balaban J connectivity index is -0.0000000208. The minimum Gasteiger partial charge on any atom is -1.00 e. The minimum absolute atomic E-state index is 0. The van der Waals surface area contributed by atoms with Crippen molar-refractivity contribution in [2.24, 2.45) is 0 Å². The monoisotopic (exact) mass is 168 g/mol. The summed E-state index contributed by atoms with van der Waals surface area (Å²) in [4.78, 5) is 18.8. The van der Waals surface area contributed by atoms with Crippen LogP contribution in [0, 0.1) is 0 Å². The maximum absolute atomic E-state index is 9.59. The molecule has 0 atom stereocenters. The molecule has 0 aromatic heterocycles. The van der Waals surface area contributed by atoms with Gasteiger partial charge in [0.05, 0.1) is 0 Å². The Bertz CT molecular complexity index is 80.1. The predicted octanol–water partition coefficient (Wildman–Crippen LogP) is -6.06. The van der Waals surface area contributed by atoms with Gasteiger partial charge < -0.3 is 7.59 Å². The van der Waals surface area contributed by atoms with Gasteiger partial charge in [0.15, 0.2) is 0 Å². The fourth-order valence-electron chi connectivity index (χ4n) is 0.0678. The molecule has 0 saturated carbocycles. The first kappa shape index (κ1) is 16.8. The summed E-state index contributed by atoms with van der Waals surface area (Å²) in [6, 6.07) is 0. The summed E-state index contributed by atoms with van der Waals surface area (Å²) in [7, 11) is 0. The van der Waals surface area contributed by atoms with E-state index in [2.05, 4.69) is 4.74 Å². The molecule has 0 N–H and O–H groups in total. The summed E-state index contributed by atoms with van der Waals surface area (Å²) in [6.07, 6.45) is 0. The normalized spacial score (nSPS) is 5.12. The van der Waals surface area contributed by atoms with Crippen molar-refractivity contribution in [2.75, 3.05) is 0 Å². The average molecular weight is 168 g/mol. The van der Waals surface area contributed by atoms with Crippen molar-refractivity contribution in [3.05, 3.63) is 0 Å². The Kier molecular flexibility index (Phi) is 25.4. The zero-order valence-electron chi connectivity index (χ0n) is 7.30. The van der Waals surface area contributed by atoms with Crippen LogP contribution in [-0.2, 0) is 14.3 Å². The van der Waals surface area contributed by atoms with Gasteiger partial charge in [0, 0.05) is 6.92 Å². The second-order valence-electron chi connectivity index (χ2n) is 0.706. The molecule has 0 aliphatic heterocycles. The van der Waals surface area contributed by atoms with Gasteiger partial charge in [-0.15, -0.1) is 0 Å². The third kappa shape index (κ3) is 15.8. The zero-order chi connectivity index (χ0) is 4.99. The third-order valence-electron chi connectivity index (χ3n) is 0.214. The molecule has 0 spiro atoms. The van der Waals surface area contributed by atoms with Crippen molar-refractivity contribution in [3.63, 3.8) is 0 Å². The largest absolute Gasteiger partial charge is 1.00 e.